The molecule has 3 atom stereocenters. The number of ketones is 1. The summed E-state index contributed by atoms with van der Waals surface area (Å²) in [6, 6.07) is 7.40. The Morgan fingerprint density at radius 3 is 2.17 bits per heavy atom. The Morgan fingerprint density at radius 1 is 0.896 bits per heavy atom. The Morgan fingerprint density at radius 2 is 1.54 bits per heavy atom. The normalized spacial score (nSPS) is 13.2. The SMILES string of the molecule is COC(=O)c1cccc(N)c1C(=O)[C@H](CC(=O)O)NC(=O)[C@H](CC(C)C)NC(=O)[C@H](Cc1c[nH]c2ccccc12)NC(=O)OC(C)(C)C. The van der Waals surface area contributed by atoms with Gasteiger partial charge in [0.1, 0.15) is 23.7 Å². The van der Waals surface area contributed by atoms with Gasteiger partial charge in [-0.3, -0.25) is 19.2 Å². The number of carboxylic acid groups (broad SMARTS) is 1. The molecule has 2 aromatic carbocycles. The highest BCUT2D eigenvalue weighted by Crippen LogP contribution is 2.22. The number of esters is 1. The zero-order valence-electron chi connectivity index (χ0n) is 27.8. The van der Waals surface area contributed by atoms with E-state index in [0.29, 0.717) is 0 Å². The summed E-state index contributed by atoms with van der Waals surface area (Å²) >= 11 is 0. The first-order chi connectivity index (χ1) is 22.5. The number of hydrogen-bond acceptors (Lipinski definition) is 9. The quantitative estimate of drug-likeness (QED) is 0.0838. The van der Waals surface area contributed by atoms with Crippen LogP contribution in [0.4, 0.5) is 10.5 Å². The number of methoxy groups -OCH3 is 1. The van der Waals surface area contributed by atoms with E-state index < -0.39 is 65.8 Å². The maximum Gasteiger partial charge on any atom is 0.408 e. The number of alkyl carbamates (subject to hydrolysis) is 1. The molecule has 0 saturated heterocycles. The number of ether oxygens (including phenoxy) is 2. The highest BCUT2D eigenvalue weighted by Gasteiger charge is 2.34. The van der Waals surface area contributed by atoms with Crippen LogP contribution in [-0.2, 0) is 30.3 Å². The highest BCUT2D eigenvalue weighted by molar-refractivity contribution is 6.13. The Kier molecular flexibility index (Phi) is 12.3. The molecule has 1 heterocycles. The molecule has 3 rings (SSSR count). The molecule has 0 aliphatic heterocycles. The maximum atomic E-state index is 13.8. The van der Waals surface area contributed by atoms with Gasteiger partial charge in [0, 0.05) is 29.2 Å². The molecule has 3 aromatic rings. The number of rotatable bonds is 14. The average Bonchev–Trinajstić information content (AvgIpc) is 3.40. The third-order valence-corrected chi connectivity index (χ3v) is 7.21. The fourth-order valence-electron chi connectivity index (χ4n) is 5.11. The number of aromatic nitrogens is 1. The molecule has 48 heavy (non-hydrogen) atoms. The number of carbonyl (C=O) groups excluding carboxylic acids is 5. The van der Waals surface area contributed by atoms with Crippen LogP contribution in [0.15, 0.2) is 48.7 Å². The topological polar surface area (TPSA) is 219 Å². The lowest BCUT2D eigenvalue weighted by molar-refractivity contribution is -0.137. The average molecular weight is 666 g/mol. The summed E-state index contributed by atoms with van der Waals surface area (Å²) in [6.45, 7) is 8.65. The number of nitrogens with one attached hydrogen (secondary N) is 4. The molecule has 0 saturated carbocycles. The second kappa shape index (κ2) is 15.9. The first-order valence-electron chi connectivity index (χ1n) is 15.4. The maximum absolute atomic E-state index is 13.8. The lowest BCUT2D eigenvalue weighted by Gasteiger charge is -2.27. The minimum absolute atomic E-state index is 0.0365. The number of anilines is 1. The number of fused-ring (bicyclic) bond motifs is 1. The number of nitrogens with two attached hydrogens (primary N) is 1. The van der Waals surface area contributed by atoms with E-state index in [-0.39, 0.29) is 35.6 Å². The lowest BCUT2D eigenvalue weighted by atomic mass is 9.94. The Labute approximate surface area is 278 Å². The molecule has 0 fully saturated rings. The lowest BCUT2D eigenvalue weighted by Crippen LogP contribution is -2.57. The van der Waals surface area contributed by atoms with E-state index in [1.54, 1.807) is 27.0 Å². The van der Waals surface area contributed by atoms with Gasteiger partial charge >= 0.3 is 18.0 Å². The minimum atomic E-state index is -1.66. The smallest absolute Gasteiger partial charge is 0.408 e. The summed E-state index contributed by atoms with van der Waals surface area (Å²) in [7, 11) is 1.11. The van der Waals surface area contributed by atoms with Crippen LogP contribution in [0.25, 0.3) is 10.9 Å². The van der Waals surface area contributed by atoms with Gasteiger partial charge in [0.05, 0.1) is 24.7 Å². The van der Waals surface area contributed by atoms with E-state index in [1.807, 2.05) is 38.1 Å². The molecule has 3 amide bonds. The van der Waals surface area contributed by atoms with Crippen LogP contribution in [0, 0.1) is 5.92 Å². The van der Waals surface area contributed by atoms with E-state index >= 15 is 0 Å². The van der Waals surface area contributed by atoms with Gasteiger partial charge in [-0.05, 0) is 56.9 Å². The van der Waals surface area contributed by atoms with Crippen LogP contribution in [-0.4, -0.2) is 76.6 Å². The second-order valence-corrected chi connectivity index (χ2v) is 12.7. The molecule has 1 aromatic heterocycles. The number of aliphatic carboxylic acids is 1. The predicted octanol–water partition coefficient (Wildman–Crippen LogP) is 3.35. The van der Waals surface area contributed by atoms with Crippen LogP contribution in [0.2, 0.25) is 0 Å². The monoisotopic (exact) mass is 665 g/mol. The van der Waals surface area contributed by atoms with Crippen LogP contribution >= 0.6 is 0 Å². The number of carboxylic acids is 1. The van der Waals surface area contributed by atoms with Gasteiger partial charge in [-0.25, -0.2) is 9.59 Å². The van der Waals surface area contributed by atoms with Crippen molar-refractivity contribution in [3.63, 3.8) is 0 Å². The number of benzene rings is 2. The Bertz CT molecular complexity index is 1670. The molecule has 0 radical (unpaired) electrons. The van der Waals surface area contributed by atoms with Gasteiger partial charge in [0.25, 0.3) is 0 Å². The van der Waals surface area contributed by atoms with E-state index in [9.17, 15) is 33.9 Å². The molecule has 0 aliphatic carbocycles. The van der Waals surface area contributed by atoms with Crippen molar-refractivity contribution in [1.29, 1.82) is 0 Å². The summed E-state index contributed by atoms with van der Waals surface area (Å²) in [4.78, 5) is 81.3. The molecule has 14 heteroatoms. The molecular weight excluding hydrogens is 622 g/mol. The minimum Gasteiger partial charge on any atom is -0.481 e. The van der Waals surface area contributed by atoms with Gasteiger partial charge in [0.15, 0.2) is 5.78 Å². The Hall–Kier alpha value is -5.40. The van der Waals surface area contributed by atoms with Gasteiger partial charge < -0.3 is 41.2 Å². The van der Waals surface area contributed by atoms with E-state index in [0.717, 1.165) is 23.6 Å². The summed E-state index contributed by atoms with van der Waals surface area (Å²) in [5.41, 5.74) is 6.08. The van der Waals surface area contributed by atoms with Crippen molar-refractivity contribution in [1.82, 2.24) is 20.9 Å². The number of Topliss-reactive ketones (excluding diaryl/α,β-unsaturated/α-hetero) is 1. The number of hydrogen-bond donors (Lipinski definition) is 6. The van der Waals surface area contributed by atoms with E-state index in [4.69, 9.17) is 15.2 Å². The first kappa shape index (κ1) is 37.1. The molecule has 0 bridgehead atoms. The third kappa shape index (κ3) is 10.0. The van der Waals surface area contributed by atoms with Crippen molar-refractivity contribution < 1.29 is 43.3 Å². The van der Waals surface area contributed by atoms with Crippen LogP contribution < -0.4 is 21.7 Å². The fraction of sp³-hybridized carbons (Fsp3) is 0.412. The number of carbonyl (C=O) groups is 6. The summed E-state index contributed by atoms with van der Waals surface area (Å²) < 4.78 is 10.1. The van der Waals surface area contributed by atoms with E-state index in [2.05, 4.69) is 20.9 Å². The van der Waals surface area contributed by atoms with Crippen molar-refractivity contribution in [3.8, 4) is 0 Å². The standard InChI is InChI=1S/C34H43N5O9/c1-18(2)14-25(30(43)37-24(16-27(40)41)29(42)28-21(32(45)47-6)11-9-12-22(28)35)38-31(44)26(39-33(46)48-34(3,4)5)15-19-17-36-23-13-8-7-10-20(19)23/h7-13,17-18,24-26,36H,14-16,35H2,1-6H3,(H,37,43)(H,38,44)(H,39,46)(H,40,41)/t24-,25-,26-/m0/s1. The molecule has 0 aliphatic rings. The Balaban J connectivity index is 1.92. The van der Waals surface area contributed by atoms with Crippen molar-refractivity contribution in [2.45, 2.75) is 77.6 Å². The number of amides is 3. The third-order valence-electron chi connectivity index (χ3n) is 7.21. The van der Waals surface area contributed by atoms with E-state index in [1.165, 1.54) is 18.2 Å². The molecule has 0 unspecified atom stereocenters. The zero-order chi connectivity index (χ0) is 35.8. The van der Waals surface area contributed by atoms with Crippen LogP contribution in [0.3, 0.4) is 0 Å². The van der Waals surface area contributed by atoms with Crippen molar-refractivity contribution in [2.24, 2.45) is 5.92 Å². The van der Waals surface area contributed by atoms with Crippen LogP contribution in [0.5, 0.6) is 0 Å². The van der Waals surface area contributed by atoms with Gasteiger partial charge in [-0.15, -0.1) is 0 Å². The summed E-state index contributed by atoms with van der Waals surface area (Å²) in [5.74, 6) is -4.93. The number of para-hydroxylation sites is 1. The summed E-state index contributed by atoms with van der Waals surface area (Å²) in [6.07, 6.45) is 0.167. The van der Waals surface area contributed by atoms with Crippen molar-refractivity contribution >= 4 is 52.2 Å². The van der Waals surface area contributed by atoms with Crippen LogP contribution in [0.1, 0.15) is 73.7 Å². The molecule has 14 nitrogen and oxygen atoms in total. The predicted molar refractivity (Wildman–Crippen MR) is 177 cm³/mol. The molecular formula is C34H43N5O9. The van der Waals surface area contributed by atoms with Gasteiger partial charge in [-0.1, -0.05) is 38.1 Å². The van der Waals surface area contributed by atoms with Crippen molar-refractivity contribution in [3.05, 3.63) is 65.4 Å². The first-order valence-corrected chi connectivity index (χ1v) is 15.4. The van der Waals surface area contributed by atoms with Gasteiger partial charge in [0.2, 0.25) is 11.8 Å². The number of aromatic amines is 1. The largest absolute Gasteiger partial charge is 0.481 e. The zero-order valence-corrected chi connectivity index (χ0v) is 27.8. The molecule has 258 valence electrons. The number of H-pyrrole nitrogens is 1. The summed E-state index contributed by atoms with van der Waals surface area (Å²) in [5, 5.41) is 18.1. The van der Waals surface area contributed by atoms with Gasteiger partial charge in [-0.2, -0.15) is 0 Å². The molecule has 0 spiro atoms. The van der Waals surface area contributed by atoms with Crippen molar-refractivity contribution in [2.75, 3.05) is 12.8 Å². The second-order valence-electron chi connectivity index (χ2n) is 12.7. The number of nitrogen functional groups attached to an aromatic ring is 1. The fourth-order valence-corrected chi connectivity index (χ4v) is 5.11. The molecule has 7 N–H and O–H groups in total. The highest BCUT2D eigenvalue weighted by atomic mass is 16.6.